The Labute approximate surface area is 145 Å². The van der Waals surface area contributed by atoms with Crippen LogP contribution in [-0.2, 0) is 33.3 Å². The molecule has 0 saturated carbocycles. The standard InChI is InChI=1S/C12H16IN3O7/c1-5(17)20-4-8-10(21-6(2)18)11(22-7(3)19)9(15-16-14)12(13)23-8/h8-12H,4H2,1-3H3/t8-,9-,10+,11-,12+/m1/s1. The molecule has 0 radical (unpaired) electrons. The monoisotopic (exact) mass is 441 g/mol. The molecule has 5 atom stereocenters. The van der Waals surface area contributed by atoms with Crippen LogP contribution in [-0.4, -0.2) is 53.0 Å². The second-order valence-corrected chi connectivity index (χ2v) is 5.90. The summed E-state index contributed by atoms with van der Waals surface area (Å²) in [7, 11) is 0. The lowest BCUT2D eigenvalue weighted by Crippen LogP contribution is -2.59. The zero-order valence-corrected chi connectivity index (χ0v) is 14.8. The molecule has 1 aliphatic heterocycles. The topological polar surface area (TPSA) is 137 Å². The maximum absolute atomic E-state index is 11.3. The second kappa shape index (κ2) is 8.89. The quantitative estimate of drug-likeness (QED) is 0.119. The van der Waals surface area contributed by atoms with Crippen LogP contribution < -0.4 is 0 Å². The van der Waals surface area contributed by atoms with Gasteiger partial charge < -0.3 is 18.9 Å². The Morgan fingerprint density at radius 3 is 2.17 bits per heavy atom. The van der Waals surface area contributed by atoms with Crippen LogP contribution in [0.4, 0.5) is 0 Å². The van der Waals surface area contributed by atoms with Gasteiger partial charge in [-0.1, -0.05) is 27.7 Å². The van der Waals surface area contributed by atoms with Gasteiger partial charge >= 0.3 is 17.9 Å². The molecule has 0 aromatic carbocycles. The molecule has 1 aliphatic rings. The minimum Gasteiger partial charge on any atom is -0.463 e. The maximum atomic E-state index is 11.3. The molecule has 0 bridgehead atoms. The predicted molar refractivity (Wildman–Crippen MR) is 83.4 cm³/mol. The molecule has 1 fully saturated rings. The largest absolute Gasteiger partial charge is 0.463 e. The second-order valence-electron chi connectivity index (χ2n) is 4.67. The van der Waals surface area contributed by atoms with E-state index in [1.54, 1.807) is 0 Å². The van der Waals surface area contributed by atoms with Crippen LogP contribution in [0.3, 0.4) is 0 Å². The van der Waals surface area contributed by atoms with E-state index in [0.29, 0.717) is 0 Å². The molecule has 0 amide bonds. The molecule has 23 heavy (non-hydrogen) atoms. The Bertz CT molecular complexity index is 523. The van der Waals surface area contributed by atoms with Gasteiger partial charge in [0.15, 0.2) is 12.2 Å². The van der Waals surface area contributed by atoms with E-state index < -0.39 is 46.4 Å². The van der Waals surface area contributed by atoms with E-state index in [4.69, 9.17) is 24.5 Å². The van der Waals surface area contributed by atoms with Crippen molar-refractivity contribution in [3.8, 4) is 0 Å². The van der Waals surface area contributed by atoms with Gasteiger partial charge in [-0.15, -0.1) is 0 Å². The first-order valence-electron chi connectivity index (χ1n) is 6.57. The number of alkyl halides is 1. The van der Waals surface area contributed by atoms with Gasteiger partial charge in [0.25, 0.3) is 0 Å². The number of carbonyl (C=O) groups excluding carboxylic acids is 3. The van der Waals surface area contributed by atoms with Crippen molar-refractivity contribution in [3.05, 3.63) is 10.4 Å². The SMILES string of the molecule is CC(=O)OC[C@H]1O[C@H](I)[C@H](N=[N+]=[N-])[C@@H](OC(C)=O)[C@H]1OC(C)=O. The summed E-state index contributed by atoms with van der Waals surface area (Å²) in [5.74, 6) is -1.82. The highest BCUT2D eigenvalue weighted by Crippen LogP contribution is 2.31. The van der Waals surface area contributed by atoms with Crippen LogP contribution in [0.25, 0.3) is 10.4 Å². The van der Waals surface area contributed by atoms with Gasteiger partial charge in [-0.3, -0.25) is 14.4 Å². The molecule has 0 aliphatic carbocycles. The summed E-state index contributed by atoms with van der Waals surface area (Å²) in [5, 5.41) is 3.56. The summed E-state index contributed by atoms with van der Waals surface area (Å²) >= 11 is 1.86. The van der Waals surface area contributed by atoms with Crippen LogP contribution in [0.2, 0.25) is 0 Å². The maximum Gasteiger partial charge on any atom is 0.303 e. The van der Waals surface area contributed by atoms with Crippen molar-refractivity contribution in [2.24, 2.45) is 5.11 Å². The number of carbonyl (C=O) groups is 3. The Morgan fingerprint density at radius 1 is 1.13 bits per heavy atom. The molecule has 1 heterocycles. The van der Waals surface area contributed by atoms with Crippen LogP contribution in [0.15, 0.2) is 5.11 Å². The zero-order valence-electron chi connectivity index (χ0n) is 12.7. The molecular formula is C12H16IN3O7. The number of rotatable bonds is 5. The van der Waals surface area contributed by atoms with E-state index in [1.165, 1.54) is 20.8 Å². The molecular weight excluding hydrogens is 425 g/mol. The third-order valence-electron chi connectivity index (χ3n) is 2.84. The van der Waals surface area contributed by atoms with Crippen molar-refractivity contribution >= 4 is 40.5 Å². The van der Waals surface area contributed by atoms with Gasteiger partial charge in [0.2, 0.25) is 0 Å². The molecule has 0 unspecified atom stereocenters. The van der Waals surface area contributed by atoms with E-state index in [2.05, 4.69) is 10.0 Å². The van der Waals surface area contributed by atoms with Gasteiger partial charge in [0, 0.05) is 25.7 Å². The number of nitrogens with zero attached hydrogens (tertiary/aromatic N) is 3. The molecule has 128 valence electrons. The first kappa shape index (κ1) is 19.5. The summed E-state index contributed by atoms with van der Waals surface area (Å²) in [6, 6.07) is -0.901. The number of azide groups is 1. The molecule has 11 heteroatoms. The fourth-order valence-corrected chi connectivity index (χ4v) is 2.98. The van der Waals surface area contributed by atoms with Crippen LogP contribution in [0.5, 0.6) is 0 Å². The van der Waals surface area contributed by atoms with Crippen molar-refractivity contribution in [3.63, 3.8) is 0 Å². The number of halogens is 1. The summed E-state index contributed by atoms with van der Waals surface area (Å²) < 4.78 is 20.2. The van der Waals surface area contributed by atoms with E-state index >= 15 is 0 Å². The lowest BCUT2D eigenvalue weighted by atomic mass is 9.98. The van der Waals surface area contributed by atoms with E-state index in [0.717, 1.165) is 0 Å². The predicted octanol–water partition coefficient (Wildman–Crippen LogP) is 1.25. The lowest BCUT2D eigenvalue weighted by molar-refractivity contribution is -0.206. The van der Waals surface area contributed by atoms with Crippen LogP contribution in [0, 0.1) is 0 Å². The normalized spacial score (nSPS) is 29.8. The minimum atomic E-state index is -1.07. The third-order valence-corrected chi connectivity index (χ3v) is 3.87. The van der Waals surface area contributed by atoms with Crippen molar-refractivity contribution in [1.82, 2.24) is 0 Å². The molecule has 0 N–H and O–H groups in total. The Kier molecular flexibility index (Phi) is 7.52. The van der Waals surface area contributed by atoms with Crippen molar-refractivity contribution in [2.75, 3.05) is 6.61 Å². The Balaban J connectivity index is 3.11. The Morgan fingerprint density at radius 2 is 1.70 bits per heavy atom. The van der Waals surface area contributed by atoms with E-state index in [1.807, 2.05) is 22.6 Å². The highest BCUT2D eigenvalue weighted by Gasteiger charge is 2.49. The fraction of sp³-hybridized carbons (Fsp3) is 0.750. The number of ether oxygens (including phenoxy) is 4. The van der Waals surface area contributed by atoms with Crippen molar-refractivity contribution in [2.45, 2.75) is 49.2 Å². The van der Waals surface area contributed by atoms with Crippen molar-refractivity contribution in [1.29, 1.82) is 0 Å². The highest BCUT2D eigenvalue weighted by molar-refractivity contribution is 14.1. The smallest absolute Gasteiger partial charge is 0.303 e. The number of hydrogen-bond acceptors (Lipinski definition) is 8. The molecule has 1 saturated heterocycles. The molecule has 10 nitrogen and oxygen atoms in total. The average Bonchev–Trinajstić information content (AvgIpc) is 2.42. The van der Waals surface area contributed by atoms with Gasteiger partial charge in [-0.2, -0.15) is 0 Å². The molecule has 0 spiro atoms. The average molecular weight is 441 g/mol. The zero-order chi connectivity index (χ0) is 17.6. The van der Waals surface area contributed by atoms with Crippen LogP contribution in [0.1, 0.15) is 20.8 Å². The summed E-state index contributed by atoms with van der Waals surface area (Å²) in [6.07, 6.45) is -2.99. The summed E-state index contributed by atoms with van der Waals surface area (Å²) in [6.45, 7) is 3.37. The Hall–Kier alpha value is -1.59. The van der Waals surface area contributed by atoms with Gasteiger partial charge in [0.05, 0.1) is 0 Å². The highest BCUT2D eigenvalue weighted by atomic mass is 127. The number of esters is 3. The number of hydrogen-bond donors (Lipinski definition) is 0. The van der Waals surface area contributed by atoms with Crippen LogP contribution >= 0.6 is 22.6 Å². The minimum absolute atomic E-state index is 0.201. The van der Waals surface area contributed by atoms with Crippen molar-refractivity contribution < 1.29 is 33.3 Å². The van der Waals surface area contributed by atoms with E-state index in [9.17, 15) is 14.4 Å². The van der Waals surface area contributed by atoms with Gasteiger partial charge in [-0.25, -0.2) is 0 Å². The van der Waals surface area contributed by atoms with Gasteiger partial charge in [0.1, 0.15) is 22.9 Å². The summed E-state index contributed by atoms with van der Waals surface area (Å²) in [4.78, 5) is 36.4. The third kappa shape index (κ3) is 5.84. The molecule has 1 rings (SSSR count). The molecule has 0 aromatic heterocycles. The fourth-order valence-electron chi connectivity index (χ4n) is 2.05. The lowest BCUT2D eigenvalue weighted by Gasteiger charge is -2.41. The van der Waals surface area contributed by atoms with Gasteiger partial charge in [-0.05, 0) is 5.53 Å². The first-order chi connectivity index (χ1) is 10.8. The summed E-state index contributed by atoms with van der Waals surface area (Å²) in [5.41, 5.74) is 8.68. The first-order valence-corrected chi connectivity index (χ1v) is 7.82. The molecule has 0 aromatic rings. The van der Waals surface area contributed by atoms with E-state index in [-0.39, 0.29) is 6.61 Å².